The maximum Gasteiger partial charge on any atom is 0.217 e. The van der Waals surface area contributed by atoms with Gasteiger partial charge in [0.05, 0.1) is 0 Å². The third kappa shape index (κ3) is 3.92. The Hall–Kier alpha value is -1.62. The number of halogens is 1. The van der Waals surface area contributed by atoms with Gasteiger partial charge in [-0.1, -0.05) is 0 Å². The van der Waals surface area contributed by atoms with Crippen LogP contribution in [0.4, 0.5) is 4.39 Å². The van der Waals surface area contributed by atoms with Crippen LogP contribution in [-0.2, 0) is 11.3 Å². The first-order valence-electron chi connectivity index (χ1n) is 6.51. The van der Waals surface area contributed by atoms with E-state index in [2.05, 4.69) is 10.2 Å². The van der Waals surface area contributed by atoms with Crippen LogP contribution in [0.1, 0.15) is 25.3 Å². The Bertz CT molecular complexity index is 457. The summed E-state index contributed by atoms with van der Waals surface area (Å²) in [4.78, 5) is 13.1. The number of hydrogen-bond donors (Lipinski definition) is 2. The largest absolute Gasteiger partial charge is 0.508 e. The molecule has 1 saturated heterocycles. The summed E-state index contributed by atoms with van der Waals surface area (Å²) in [6.07, 6.45) is 1.77. The van der Waals surface area contributed by atoms with Gasteiger partial charge in [-0.2, -0.15) is 0 Å². The van der Waals surface area contributed by atoms with Crippen molar-refractivity contribution in [3.63, 3.8) is 0 Å². The summed E-state index contributed by atoms with van der Waals surface area (Å²) in [5, 5.41) is 12.6. The van der Waals surface area contributed by atoms with Crippen LogP contribution in [0.5, 0.6) is 5.75 Å². The van der Waals surface area contributed by atoms with E-state index < -0.39 is 0 Å². The van der Waals surface area contributed by atoms with Gasteiger partial charge in [-0.25, -0.2) is 4.39 Å². The highest BCUT2D eigenvalue weighted by Crippen LogP contribution is 2.21. The number of rotatable bonds is 3. The van der Waals surface area contributed by atoms with Gasteiger partial charge in [-0.05, 0) is 31.0 Å². The van der Waals surface area contributed by atoms with Gasteiger partial charge in [0.2, 0.25) is 5.91 Å². The second-order valence-corrected chi connectivity index (χ2v) is 5.02. The van der Waals surface area contributed by atoms with Crippen molar-refractivity contribution in [2.45, 2.75) is 32.4 Å². The van der Waals surface area contributed by atoms with Crippen molar-refractivity contribution in [1.29, 1.82) is 0 Å². The summed E-state index contributed by atoms with van der Waals surface area (Å²) < 4.78 is 13.1. The molecule has 1 aromatic carbocycles. The number of aromatic hydroxyl groups is 1. The maximum absolute atomic E-state index is 13.1. The molecule has 0 bridgehead atoms. The summed E-state index contributed by atoms with van der Waals surface area (Å²) in [6.45, 7) is 3.73. The number of amides is 1. The normalized spacial score (nSPS) is 17.4. The van der Waals surface area contributed by atoms with Crippen molar-refractivity contribution in [2.24, 2.45) is 0 Å². The number of carbonyl (C=O) groups excluding carboxylic acids is 1. The first-order valence-corrected chi connectivity index (χ1v) is 6.51. The lowest BCUT2D eigenvalue weighted by Crippen LogP contribution is -2.43. The molecule has 19 heavy (non-hydrogen) atoms. The predicted molar refractivity (Wildman–Crippen MR) is 70.2 cm³/mol. The first-order chi connectivity index (χ1) is 9.04. The Kier molecular flexibility index (Phi) is 4.37. The Balaban J connectivity index is 1.88. The number of nitrogens with one attached hydrogen (secondary N) is 1. The van der Waals surface area contributed by atoms with E-state index in [0.717, 1.165) is 25.9 Å². The zero-order valence-electron chi connectivity index (χ0n) is 11.0. The molecule has 1 aliphatic heterocycles. The van der Waals surface area contributed by atoms with Gasteiger partial charge >= 0.3 is 0 Å². The van der Waals surface area contributed by atoms with E-state index in [1.165, 1.54) is 25.1 Å². The molecule has 4 nitrogen and oxygen atoms in total. The van der Waals surface area contributed by atoms with Crippen LogP contribution < -0.4 is 5.32 Å². The van der Waals surface area contributed by atoms with E-state index >= 15 is 0 Å². The van der Waals surface area contributed by atoms with Gasteiger partial charge in [-0.15, -0.1) is 0 Å². The minimum Gasteiger partial charge on any atom is -0.508 e. The van der Waals surface area contributed by atoms with Gasteiger partial charge in [0, 0.05) is 38.2 Å². The number of hydrogen-bond acceptors (Lipinski definition) is 3. The molecule has 5 heteroatoms. The zero-order valence-corrected chi connectivity index (χ0v) is 11.0. The SMILES string of the molecule is CC(=O)NC1CCN(Cc2cc(F)ccc2O)CC1. The molecule has 0 spiro atoms. The van der Waals surface area contributed by atoms with Gasteiger partial charge in [0.15, 0.2) is 0 Å². The number of likely N-dealkylation sites (tertiary alicyclic amines) is 1. The highest BCUT2D eigenvalue weighted by Gasteiger charge is 2.20. The monoisotopic (exact) mass is 266 g/mol. The molecule has 1 amide bonds. The average molecular weight is 266 g/mol. The molecule has 104 valence electrons. The van der Waals surface area contributed by atoms with Crippen LogP contribution >= 0.6 is 0 Å². The average Bonchev–Trinajstić information content (AvgIpc) is 2.35. The fraction of sp³-hybridized carbons (Fsp3) is 0.500. The molecule has 2 rings (SSSR count). The Morgan fingerprint density at radius 3 is 2.79 bits per heavy atom. The third-order valence-electron chi connectivity index (χ3n) is 3.43. The highest BCUT2D eigenvalue weighted by molar-refractivity contribution is 5.73. The van der Waals surface area contributed by atoms with Crippen LogP contribution in [0.3, 0.4) is 0 Å². The Morgan fingerprint density at radius 1 is 1.47 bits per heavy atom. The van der Waals surface area contributed by atoms with Crippen LogP contribution in [0.25, 0.3) is 0 Å². The number of phenolic OH excluding ortho intramolecular Hbond substituents is 1. The number of phenols is 1. The van der Waals surface area contributed by atoms with Crippen molar-refractivity contribution in [2.75, 3.05) is 13.1 Å². The van der Waals surface area contributed by atoms with Crippen molar-refractivity contribution in [3.05, 3.63) is 29.6 Å². The van der Waals surface area contributed by atoms with E-state index in [-0.39, 0.29) is 23.5 Å². The van der Waals surface area contributed by atoms with E-state index in [4.69, 9.17) is 0 Å². The first kappa shape index (κ1) is 13.8. The lowest BCUT2D eigenvalue weighted by molar-refractivity contribution is -0.119. The van der Waals surface area contributed by atoms with Gasteiger partial charge in [0.25, 0.3) is 0 Å². The summed E-state index contributed by atoms with van der Waals surface area (Å²) >= 11 is 0. The quantitative estimate of drug-likeness (QED) is 0.874. The molecule has 1 heterocycles. The summed E-state index contributed by atoms with van der Waals surface area (Å²) in [5.41, 5.74) is 0.609. The van der Waals surface area contributed by atoms with Crippen LogP contribution in [0.2, 0.25) is 0 Å². The second kappa shape index (κ2) is 6.02. The molecule has 0 aliphatic carbocycles. The molecular formula is C14H19FN2O2. The van der Waals surface area contributed by atoms with Gasteiger partial charge in [-0.3, -0.25) is 9.69 Å². The van der Waals surface area contributed by atoms with Crippen molar-refractivity contribution >= 4 is 5.91 Å². The number of carbonyl (C=O) groups is 1. The van der Waals surface area contributed by atoms with Gasteiger partial charge < -0.3 is 10.4 Å². The molecule has 0 aromatic heterocycles. The van der Waals surface area contributed by atoms with E-state index in [1.54, 1.807) is 0 Å². The fourth-order valence-electron chi connectivity index (χ4n) is 2.44. The summed E-state index contributed by atoms with van der Waals surface area (Å²) in [5.74, 6) is -0.201. The smallest absolute Gasteiger partial charge is 0.217 e. The summed E-state index contributed by atoms with van der Waals surface area (Å²) in [6, 6.07) is 4.24. The molecule has 1 aliphatic rings. The van der Waals surface area contributed by atoms with Crippen LogP contribution in [0.15, 0.2) is 18.2 Å². The Morgan fingerprint density at radius 2 is 2.16 bits per heavy atom. The van der Waals surface area contributed by atoms with E-state index in [9.17, 15) is 14.3 Å². The fourth-order valence-corrected chi connectivity index (χ4v) is 2.44. The lowest BCUT2D eigenvalue weighted by Gasteiger charge is -2.32. The van der Waals surface area contributed by atoms with E-state index in [1.807, 2.05) is 0 Å². The highest BCUT2D eigenvalue weighted by atomic mass is 19.1. The maximum atomic E-state index is 13.1. The molecule has 0 saturated carbocycles. The van der Waals surface area contributed by atoms with Crippen LogP contribution in [-0.4, -0.2) is 35.0 Å². The minimum absolute atomic E-state index is 0.00113. The van der Waals surface area contributed by atoms with Crippen molar-refractivity contribution < 1.29 is 14.3 Å². The molecule has 1 aromatic rings. The van der Waals surface area contributed by atoms with Gasteiger partial charge in [0.1, 0.15) is 11.6 Å². The number of benzene rings is 1. The lowest BCUT2D eigenvalue weighted by atomic mass is 10.0. The molecular weight excluding hydrogens is 247 g/mol. The van der Waals surface area contributed by atoms with Crippen molar-refractivity contribution in [3.8, 4) is 5.75 Å². The van der Waals surface area contributed by atoms with Crippen molar-refractivity contribution in [1.82, 2.24) is 10.2 Å². The summed E-state index contributed by atoms with van der Waals surface area (Å²) in [7, 11) is 0. The van der Waals surface area contributed by atoms with E-state index in [0.29, 0.717) is 12.1 Å². The topological polar surface area (TPSA) is 52.6 Å². The minimum atomic E-state index is -0.332. The van der Waals surface area contributed by atoms with Crippen LogP contribution in [0, 0.1) is 5.82 Å². The number of nitrogens with zero attached hydrogens (tertiary/aromatic N) is 1. The standard InChI is InChI=1S/C14H19FN2O2/c1-10(18)16-13-4-6-17(7-5-13)9-11-8-12(15)2-3-14(11)19/h2-3,8,13,19H,4-7,9H2,1H3,(H,16,18). The molecule has 0 radical (unpaired) electrons. The number of piperidine rings is 1. The Labute approximate surface area is 112 Å². The molecule has 0 atom stereocenters. The third-order valence-corrected chi connectivity index (χ3v) is 3.43. The second-order valence-electron chi connectivity index (χ2n) is 5.02. The molecule has 1 fully saturated rings. The predicted octanol–water partition coefficient (Wildman–Crippen LogP) is 1.63. The molecule has 0 unspecified atom stereocenters. The zero-order chi connectivity index (χ0) is 13.8. The molecule has 2 N–H and O–H groups in total.